The summed E-state index contributed by atoms with van der Waals surface area (Å²) in [6.45, 7) is 8.67. The SMILES string of the molecule is CCc1c(C(=O)C(=O)O)c2ccc(-c3ccc(OC(F)(F)F)cc3)cc2n1Cc1ccc(C(C)(C)C)cc1. The average Bonchev–Trinajstić information content (AvgIpc) is 3.15. The van der Waals surface area contributed by atoms with Gasteiger partial charge in [0, 0.05) is 23.1 Å². The first-order valence-corrected chi connectivity index (χ1v) is 12.2. The molecule has 1 aromatic heterocycles. The lowest BCUT2D eigenvalue weighted by Gasteiger charge is -2.19. The van der Waals surface area contributed by atoms with E-state index in [4.69, 9.17) is 0 Å². The molecular weight excluding hydrogens is 495 g/mol. The number of rotatable bonds is 7. The van der Waals surface area contributed by atoms with Crippen LogP contribution in [0.15, 0.2) is 66.7 Å². The zero-order chi connectivity index (χ0) is 27.8. The predicted molar refractivity (Wildman–Crippen MR) is 140 cm³/mol. The minimum Gasteiger partial charge on any atom is -0.475 e. The highest BCUT2D eigenvalue weighted by atomic mass is 19.4. The second-order valence-electron chi connectivity index (χ2n) is 10.1. The number of hydrogen-bond acceptors (Lipinski definition) is 3. The van der Waals surface area contributed by atoms with Crippen molar-refractivity contribution in [3.05, 3.63) is 89.1 Å². The minimum absolute atomic E-state index is 0.01000. The molecule has 0 radical (unpaired) electrons. The van der Waals surface area contributed by atoms with Gasteiger partial charge in [0.1, 0.15) is 5.75 Å². The van der Waals surface area contributed by atoms with Gasteiger partial charge in [0.25, 0.3) is 5.78 Å². The Labute approximate surface area is 218 Å². The average molecular weight is 524 g/mol. The predicted octanol–water partition coefficient (Wildman–Crippen LogP) is 7.38. The van der Waals surface area contributed by atoms with Crippen LogP contribution < -0.4 is 4.74 Å². The van der Waals surface area contributed by atoms with Crippen LogP contribution in [-0.2, 0) is 23.2 Å². The lowest BCUT2D eigenvalue weighted by Crippen LogP contribution is -2.16. The van der Waals surface area contributed by atoms with Crippen LogP contribution in [0.1, 0.15) is 54.9 Å². The van der Waals surface area contributed by atoms with Gasteiger partial charge in [0.05, 0.1) is 5.56 Å². The molecule has 3 aromatic carbocycles. The summed E-state index contributed by atoms with van der Waals surface area (Å²) in [7, 11) is 0. The molecule has 0 bridgehead atoms. The fraction of sp³-hybridized carbons (Fsp3) is 0.267. The lowest BCUT2D eigenvalue weighted by molar-refractivity contribution is -0.274. The smallest absolute Gasteiger partial charge is 0.475 e. The van der Waals surface area contributed by atoms with E-state index in [1.165, 1.54) is 29.8 Å². The number of carbonyl (C=O) groups is 2. The number of carboxylic acids is 1. The van der Waals surface area contributed by atoms with Crippen LogP contribution in [0.4, 0.5) is 13.2 Å². The molecule has 0 aliphatic rings. The van der Waals surface area contributed by atoms with Crippen molar-refractivity contribution in [3.63, 3.8) is 0 Å². The Morgan fingerprint density at radius 1 is 0.895 bits per heavy atom. The number of Topliss-reactive ketones (excluding diaryl/α,β-unsaturated/α-hetero) is 1. The summed E-state index contributed by atoms with van der Waals surface area (Å²) < 4.78 is 43.5. The highest BCUT2D eigenvalue weighted by molar-refractivity contribution is 6.42. The number of hydrogen-bond donors (Lipinski definition) is 1. The molecule has 0 spiro atoms. The van der Waals surface area contributed by atoms with Gasteiger partial charge in [-0.1, -0.05) is 76.2 Å². The van der Waals surface area contributed by atoms with Gasteiger partial charge in [0.2, 0.25) is 0 Å². The van der Waals surface area contributed by atoms with E-state index in [9.17, 15) is 27.9 Å². The first kappa shape index (κ1) is 27.0. The van der Waals surface area contributed by atoms with Gasteiger partial charge >= 0.3 is 12.3 Å². The molecule has 8 heteroatoms. The van der Waals surface area contributed by atoms with Crippen molar-refractivity contribution in [2.24, 2.45) is 0 Å². The highest BCUT2D eigenvalue weighted by Gasteiger charge is 2.31. The van der Waals surface area contributed by atoms with E-state index >= 15 is 0 Å². The van der Waals surface area contributed by atoms with E-state index in [-0.39, 0.29) is 16.7 Å². The van der Waals surface area contributed by atoms with Gasteiger partial charge in [-0.25, -0.2) is 4.79 Å². The Hall–Kier alpha value is -4.07. The summed E-state index contributed by atoms with van der Waals surface area (Å²) in [5.74, 6) is -2.83. The molecule has 0 fully saturated rings. The largest absolute Gasteiger partial charge is 0.573 e. The zero-order valence-electron chi connectivity index (χ0n) is 21.5. The molecule has 4 rings (SSSR count). The van der Waals surface area contributed by atoms with E-state index in [1.54, 1.807) is 12.1 Å². The summed E-state index contributed by atoms with van der Waals surface area (Å²) in [4.78, 5) is 24.4. The molecule has 0 amide bonds. The summed E-state index contributed by atoms with van der Waals surface area (Å²) in [5.41, 5.74) is 4.93. The van der Waals surface area contributed by atoms with Crippen molar-refractivity contribution in [1.82, 2.24) is 4.57 Å². The van der Waals surface area contributed by atoms with Crippen molar-refractivity contribution in [1.29, 1.82) is 0 Å². The Kier molecular flexibility index (Phi) is 7.10. The van der Waals surface area contributed by atoms with Crippen LogP contribution in [-0.4, -0.2) is 27.8 Å². The fourth-order valence-electron chi connectivity index (χ4n) is 4.63. The topological polar surface area (TPSA) is 68.5 Å². The maximum Gasteiger partial charge on any atom is 0.573 e. The van der Waals surface area contributed by atoms with Gasteiger partial charge in [-0.05, 0) is 52.3 Å². The number of ketones is 1. The maximum absolute atomic E-state index is 12.7. The molecule has 0 unspecified atom stereocenters. The number of carboxylic acid groups (broad SMARTS) is 1. The van der Waals surface area contributed by atoms with Crippen LogP contribution in [0.2, 0.25) is 0 Å². The van der Waals surface area contributed by atoms with E-state index < -0.39 is 18.1 Å². The number of alkyl halides is 3. The number of nitrogens with zero attached hydrogens (tertiary/aromatic N) is 1. The molecule has 0 saturated heterocycles. The van der Waals surface area contributed by atoms with Crippen molar-refractivity contribution >= 4 is 22.7 Å². The molecule has 5 nitrogen and oxygen atoms in total. The second-order valence-corrected chi connectivity index (χ2v) is 10.1. The van der Waals surface area contributed by atoms with Crippen molar-refractivity contribution in [2.75, 3.05) is 0 Å². The van der Waals surface area contributed by atoms with Crippen molar-refractivity contribution in [2.45, 2.75) is 52.4 Å². The van der Waals surface area contributed by atoms with Gasteiger partial charge in [0.15, 0.2) is 0 Å². The van der Waals surface area contributed by atoms with E-state index in [0.29, 0.717) is 40.7 Å². The highest BCUT2D eigenvalue weighted by Crippen LogP contribution is 2.34. The minimum atomic E-state index is -4.78. The third-order valence-corrected chi connectivity index (χ3v) is 6.51. The Morgan fingerprint density at radius 2 is 1.50 bits per heavy atom. The van der Waals surface area contributed by atoms with Crippen LogP contribution >= 0.6 is 0 Å². The number of fused-ring (bicyclic) bond motifs is 1. The van der Waals surface area contributed by atoms with E-state index in [2.05, 4.69) is 37.6 Å². The number of benzene rings is 3. The maximum atomic E-state index is 12.7. The van der Waals surface area contributed by atoms with E-state index in [1.807, 2.05) is 29.7 Å². The van der Waals surface area contributed by atoms with Crippen molar-refractivity contribution < 1.29 is 32.6 Å². The molecule has 0 aliphatic carbocycles. The summed E-state index contributed by atoms with van der Waals surface area (Å²) in [6.07, 6.45) is -4.35. The Balaban J connectivity index is 1.83. The Morgan fingerprint density at radius 3 is 2.03 bits per heavy atom. The van der Waals surface area contributed by atoms with E-state index in [0.717, 1.165) is 5.56 Å². The number of ether oxygens (including phenoxy) is 1. The molecule has 198 valence electrons. The third-order valence-electron chi connectivity index (χ3n) is 6.51. The third kappa shape index (κ3) is 5.59. The van der Waals surface area contributed by atoms with Crippen LogP contribution in [0, 0.1) is 0 Å². The number of aromatic nitrogens is 1. The molecule has 1 heterocycles. The number of carbonyl (C=O) groups excluding carboxylic acids is 1. The monoisotopic (exact) mass is 523 g/mol. The standard InChI is InChI=1S/C30H28F3NO4/c1-5-24-26(27(35)28(36)37)23-15-10-20(19-8-13-22(14-9-19)38-30(31,32)33)16-25(23)34(24)17-18-6-11-21(12-7-18)29(2,3)4/h6-16H,5,17H2,1-4H3,(H,36,37). The summed E-state index contributed by atoms with van der Waals surface area (Å²) in [5, 5.41) is 10.0. The molecule has 0 saturated carbocycles. The van der Waals surface area contributed by atoms with Crippen LogP contribution in [0.3, 0.4) is 0 Å². The number of aliphatic carboxylic acids is 1. The quantitative estimate of drug-likeness (QED) is 0.203. The van der Waals surface area contributed by atoms with Gasteiger partial charge in [-0.2, -0.15) is 0 Å². The van der Waals surface area contributed by atoms with Gasteiger partial charge < -0.3 is 14.4 Å². The molecule has 0 atom stereocenters. The summed E-state index contributed by atoms with van der Waals surface area (Å²) >= 11 is 0. The fourth-order valence-corrected chi connectivity index (χ4v) is 4.63. The molecule has 38 heavy (non-hydrogen) atoms. The Bertz CT molecular complexity index is 1490. The van der Waals surface area contributed by atoms with Crippen LogP contribution in [0.25, 0.3) is 22.0 Å². The lowest BCUT2D eigenvalue weighted by atomic mass is 9.87. The second kappa shape index (κ2) is 10.0. The van der Waals surface area contributed by atoms with Crippen molar-refractivity contribution in [3.8, 4) is 16.9 Å². The molecular formula is C30H28F3NO4. The van der Waals surface area contributed by atoms with Gasteiger partial charge in [-0.15, -0.1) is 13.2 Å². The zero-order valence-corrected chi connectivity index (χ0v) is 21.5. The molecule has 4 aromatic rings. The van der Waals surface area contributed by atoms with Gasteiger partial charge in [-0.3, -0.25) is 4.79 Å². The number of halogens is 3. The first-order valence-electron chi connectivity index (χ1n) is 12.2. The van der Waals surface area contributed by atoms with Crippen LogP contribution in [0.5, 0.6) is 5.75 Å². The molecule has 1 N–H and O–H groups in total. The summed E-state index contributed by atoms with van der Waals surface area (Å²) in [6, 6.07) is 18.9. The molecule has 0 aliphatic heterocycles. The normalized spacial score (nSPS) is 12.1. The first-order chi connectivity index (χ1) is 17.8.